The van der Waals surface area contributed by atoms with Crippen molar-refractivity contribution in [1.82, 2.24) is 5.32 Å². The molecule has 1 heterocycles. The Hall–Kier alpha value is -3.02. The molecule has 2 N–H and O–H groups in total. The van der Waals surface area contributed by atoms with Gasteiger partial charge in [-0.1, -0.05) is 24.3 Å². The van der Waals surface area contributed by atoms with Crippen molar-refractivity contribution in [2.24, 2.45) is 0 Å². The quantitative estimate of drug-likeness (QED) is 0.842. The molecule has 0 saturated carbocycles. The average Bonchev–Trinajstić information content (AvgIpc) is 2.65. The van der Waals surface area contributed by atoms with Crippen molar-refractivity contribution in [2.75, 3.05) is 13.2 Å². The second-order valence-electron chi connectivity index (χ2n) is 5.80. The number of hydrogen-bond donors (Lipinski definition) is 2. The highest BCUT2D eigenvalue weighted by molar-refractivity contribution is 5.87. The Morgan fingerprint density at radius 2 is 1.80 bits per heavy atom. The molecule has 1 atom stereocenters. The second-order valence-corrected chi connectivity index (χ2v) is 5.80. The molecule has 0 aromatic heterocycles. The molecular formula is C19H19NO5. The van der Waals surface area contributed by atoms with Gasteiger partial charge in [0, 0.05) is 6.42 Å². The molecule has 0 saturated heterocycles. The Morgan fingerprint density at radius 1 is 1.08 bits per heavy atom. The number of benzene rings is 2. The van der Waals surface area contributed by atoms with Gasteiger partial charge in [-0.15, -0.1) is 0 Å². The highest BCUT2D eigenvalue weighted by Gasteiger charge is 2.20. The van der Waals surface area contributed by atoms with Crippen LogP contribution in [-0.2, 0) is 11.2 Å². The molecule has 3 rings (SSSR count). The van der Waals surface area contributed by atoms with Crippen molar-refractivity contribution in [3.05, 3.63) is 59.7 Å². The maximum Gasteiger partial charge on any atom is 0.335 e. The van der Waals surface area contributed by atoms with Gasteiger partial charge >= 0.3 is 5.97 Å². The van der Waals surface area contributed by atoms with Gasteiger partial charge in [-0.2, -0.15) is 0 Å². The van der Waals surface area contributed by atoms with E-state index in [1.807, 2.05) is 24.3 Å². The van der Waals surface area contributed by atoms with Crippen LogP contribution in [0.5, 0.6) is 11.5 Å². The topological polar surface area (TPSA) is 84.9 Å². The van der Waals surface area contributed by atoms with Crippen molar-refractivity contribution in [3.8, 4) is 11.5 Å². The zero-order valence-corrected chi connectivity index (χ0v) is 13.6. The summed E-state index contributed by atoms with van der Waals surface area (Å²) in [6.45, 7) is 0.777. The standard InChI is InChI=1S/C19H19NO5/c21-18(10-7-13-5-8-14(9-6-13)19(22)23)20-11-15-12-24-16-3-1-2-4-17(16)25-15/h1-6,8-9,15H,7,10-12H2,(H,20,21)(H,22,23). The van der Waals surface area contributed by atoms with Crippen LogP contribution in [0.3, 0.4) is 0 Å². The molecule has 2 aromatic carbocycles. The number of amides is 1. The van der Waals surface area contributed by atoms with Gasteiger partial charge in [-0.05, 0) is 36.2 Å². The smallest absolute Gasteiger partial charge is 0.335 e. The van der Waals surface area contributed by atoms with Gasteiger partial charge in [0.05, 0.1) is 12.1 Å². The molecule has 0 bridgehead atoms. The Bertz CT molecular complexity index is 757. The molecule has 25 heavy (non-hydrogen) atoms. The first-order valence-corrected chi connectivity index (χ1v) is 8.09. The summed E-state index contributed by atoms with van der Waals surface area (Å²) in [5, 5.41) is 11.7. The van der Waals surface area contributed by atoms with Crippen LogP contribution in [-0.4, -0.2) is 36.2 Å². The van der Waals surface area contributed by atoms with Gasteiger partial charge in [0.2, 0.25) is 5.91 Å². The normalized spacial score (nSPS) is 15.4. The number of nitrogens with one attached hydrogen (secondary N) is 1. The van der Waals surface area contributed by atoms with Crippen molar-refractivity contribution in [3.63, 3.8) is 0 Å². The SMILES string of the molecule is O=C(CCc1ccc(C(=O)O)cc1)NCC1COc2ccccc2O1. The van der Waals surface area contributed by atoms with Crippen LogP contribution in [0.25, 0.3) is 0 Å². The number of fused-ring (bicyclic) bond motifs is 1. The van der Waals surface area contributed by atoms with E-state index >= 15 is 0 Å². The number of carbonyl (C=O) groups is 2. The average molecular weight is 341 g/mol. The third kappa shape index (κ3) is 4.50. The maximum atomic E-state index is 12.0. The van der Waals surface area contributed by atoms with Gasteiger partial charge in [0.15, 0.2) is 11.5 Å². The van der Waals surface area contributed by atoms with Gasteiger partial charge in [0.1, 0.15) is 12.7 Å². The summed E-state index contributed by atoms with van der Waals surface area (Å²) in [4.78, 5) is 22.8. The van der Waals surface area contributed by atoms with Crippen LogP contribution in [0, 0.1) is 0 Å². The van der Waals surface area contributed by atoms with Crippen LogP contribution in [0.4, 0.5) is 0 Å². The summed E-state index contributed by atoms with van der Waals surface area (Å²) >= 11 is 0. The summed E-state index contributed by atoms with van der Waals surface area (Å²) in [5.41, 5.74) is 1.16. The molecule has 1 aliphatic heterocycles. The lowest BCUT2D eigenvalue weighted by atomic mass is 10.1. The van der Waals surface area contributed by atoms with Crippen LogP contribution in [0.2, 0.25) is 0 Å². The van der Waals surface area contributed by atoms with E-state index in [0.717, 1.165) is 11.3 Å². The van der Waals surface area contributed by atoms with E-state index in [1.165, 1.54) is 0 Å². The summed E-state index contributed by atoms with van der Waals surface area (Å²) in [6.07, 6.45) is 0.668. The number of rotatable bonds is 6. The highest BCUT2D eigenvalue weighted by atomic mass is 16.6. The summed E-state index contributed by atoms with van der Waals surface area (Å²) in [5.74, 6) is 0.367. The second kappa shape index (κ2) is 7.70. The first-order valence-electron chi connectivity index (χ1n) is 8.09. The lowest BCUT2D eigenvalue weighted by Gasteiger charge is -2.26. The summed E-state index contributed by atoms with van der Waals surface area (Å²) in [7, 11) is 0. The molecule has 6 heteroatoms. The molecule has 1 aliphatic rings. The minimum atomic E-state index is -0.958. The predicted molar refractivity (Wildman–Crippen MR) is 91.1 cm³/mol. The van der Waals surface area contributed by atoms with Crippen molar-refractivity contribution in [1.29, 1.82) is 0 Å². The first-order chi connectivity index (χ1) is 12.1. The summed E-state index contributed by atoms with van der Waals surface area (Å²) < 4.78 is 11.4. The van der Waals surface area contributed by atoms with Gasteiger partial charge in [-0.25, -0.2) is 4.79 Å². The van der Waals surface area contributed by atoms with E-state index < -0.39 is 5.97 Å². The molecule has 0 radical (unpaired) electrons. The van der Waals surface area contributed by atoms with Gasteiger partial charge in [-0.3, -0.25) is 4.79 Å². The molecule has 0 aliphatic carbocycles. The molecule has 1 amide bonds. The fourth-order valence-corrected chi connectivity index (χ4v) is 2.55. The minimum Gasteiger partial charge on any atom is -0.486 e. The minimum absolute atomic E-state index is 0.0789. The third-order valence-electron chi connectivity index (χ3n) is 3.94. The Morgan fingerprint density at radius 3 is 2.52 bits per heavy atom. The number of para-hydroxylation sites is 2. The summed E-state index contributed by atoms with van der Waals surface area (Å²) in [6, 6.07) is 14.0. The van der Waals surface area contributed by atoms with E-state index in [9.17, 15) is 9.59 Å². The molecule has 0 fully saturated rings. The molecule has 1 unspecified atom stereocenters. The lowest BCUT2D eigenvalue weighted by molar-refractivity contribution is -0.121. The lowest BCUT2D eigenvalue weighted by Crippen LogP contribution is -2.40. The van der Waals surface area contributed by atoms with Crippen molar-refractivity contribution < 1.29 is 24.2 Å². The van der Waals surface area contributed by atoms with Crippen LogP contribution in [0.1, 0.15) is 22.3 Å². The highest BCUT2D eigenvalue weighted by Crippen LogP contribution is 2.30. The zero-order chi connectivity index (χ0) is 17.6. The monoisotopic (exact) mass is 341 g/mol. The number of hydrogen-bond acceptors (Lipinski definition) is 4. The Kier molecular flexibility index (Phi) is 5.18. The first kappa shape index (κ1) is 16.8. The van der Waals surface area contributed by atoms with Crippen molar-refractivity contribution in [2.45, 2.75) is 18.9 Å². The van der Waals surface area contributed by atoms with Crippen LogP contribution < -0.4 is 14.8 Å². The van der Waals surface area contributed by atoms with E-state index in [1.54, 1.807) is 24.3 Å². The van der Waals surface area contributed by atoms with Gasteiger partial charge < -0.3 is 19.9 Å². The predicted octanol–water partition coefficient (Wildman–Crippen LogP) is 2.27. The van der Waals surface area contributed by atoms with Crippen LogP contribution in [0.15, 0.2) is 48.5 Å². The fraction of sp³-hybridized carbons (Fsp3) is 0.263. The van der Waals surface area contributed by atoms with Crippen molar-refractivity contribution >= 4 is 11.9 Å². The zero-order valence-electron chi connectivity index (χ0n) is 13.6. The van der Waals surface area contributed by atoms with Gasteiger partial charge in [0.25, 0.3) is 0 Å². The molecule has 130 valence electrons. The van der Waals surface area contributed by atoms with E-state index in [-0.39, 0.29) is 17.6 Å². The van der Waals surface area contributed by atoms with E-state index in [2.05, 4.69) is 5.32 Å². The number of carbonyl (C=O) groups excluding carboxylic acids is 1. The Balaban J connectivity index is 1.42. The van der Waals surface area contributed by atoms with E-state index in [0.29, 0.717) is 31.7 Å². The third-order valence-corrected chi connectivity index (χ3v) is 3.94. The molecule has 2 aromatic rings. The number of aryl methyl sites for hydroxylation is 1. The molecule has 0 spiro atoms. The fourth-order valence-electron chi connectivity index (χ4n) is 2.55. The maximum absolute atomic E-state index is 12.0. The molecular weight excluding hydrogens is 322 g/mol. The molecule has 6 nitrogen and oxygen atoms in total. The Labute approximate surface area is 145 Å². The number of carboxylic acid groups (broad SMARTS) is 1. The largest absolute Gasteiger partial charge is 0.486 e. The number of aromatic carboxylic acids is 1. The number of carboxylic acids is 1. The number of ether oxygens (including phenoxy) is 2. The van der Waals surface area contributed by atoms with E-state index in [4.69, 9.17) is 14.6 Å². The van der Waals surface area contributed by atoms with Crippen LogP contribution >= 0.6 is 0 Å².